The highest BCUT2D eigenvalue weighted by Crippen LogP contribution is 2.30. The number of ether oxygens (including phenoxy) is 1. The van der Waals surface area contributed by atoms with Crippen LogP contribution >= 0.6 is 11.3 Å². The lowest BCUT2D eigenvalue weighted by molar-refractivity contribution is -0.384. The molecule has 1 heterocycles. The molecule has 1 aliphatic carbocycles. The molecule has 0 spiro atoms. The molecule has 0 aliphatic heterocycles. The Hall–Kier alpha value is -2.81. The number of non-ortho nitro benzene ring substituents is 1. The monoisotopic (exact) mass is 375 g/mol. The predicted molar refractivity (Wildman–Crippen MR) is 94.1 cm³/mol. The van der Waals surface area contributed by atoms with Crippen LogP contribution in [-0.4, -0.2) is 39.3 Å². The first-order valence-electron chi connectivity index (χ1n) is 8.16. The van der Waals surface area contributed by atoms with Gasteiger partial charge in [0.1, 0.15) is 5.01 Å². The summed E-state index contributed by atoms with van der Waals surface area (Å²) in [4.78, 5) is 40.7. The first kappa shape index (κ1) is 18.0. The summed E-state index contributed by atoms with van der Waals surface area (Å²) in [5.41, 5.74) is 0.577. The van der Waals surface area contributed by atoms with Gasteiger partial charge in [0.2, 0.25) is 0 Å². The standard InChI is InChI=1S/C17H17N3O5S/c1-2-25-17(22)14-10-26-15(18-14)9-19(12-7-8-12)16(21)11-3-5-13(6-4-11)20(23)24/h3-6,10,12H,2,7-9H2,1H3. The summed E-state index contributed by atoms with van der Waals surface area (Å²) in [6.07, 6.45) is 1.82. The van der Waals surface area contributed by atoms with E-state index >= 15 is 0 Å². The quantitative estimate of drug-likeness (QED) is 0.419. The van der Waals surface area contributed by atoms with Crippen LogP contribution < -0.4 is 0 Å². The number of benzene rings is 1. The van der Waals surface area contributed by atoms with E-state index in [0.717, 1.165) is 12.8 Å². The SMILES string of the molecule is CCOC(=O)c1csc(CN(C(=O)c2ccc([N+](=O)[O-])cc2)C2CC2)n1. The molecule has 3 rings (SSSR count). The smallest absolute Gasteiger partial charge is 0.357 e. The van der Waals surface area contributed by atoms with Crippen molar-refractivity contribution in [3.05, 3.63) is 56.0 Å². The molecule has 1 saturated carbocycles. The van der Waals surface area contributed by atoms with Crippen LogP contribution in [0.15, 0.2) is 29.6 Å². The second kappa shape index (κ2) is 7.61. The van der Waals surface area contributed by atoms with Crippen molar-refractivity contribution >= 4 is 28.9 Å². The maximum atomic E-state index is 12.8. The number of carbonyl (C=O) groups excluding carboxylic acids is 2. The van der Waals surface area contributed by atoms with Crippen molar-refractivity contribution in [2.24, 2.45) is 0 Å². The topological polar surface area (TPSA) is 103 Å². The number of hydrogen-bond acceptors (Lipinski definition) is 7. The van der Waals surface area contributed by atoms with E-state index in [1.807, 2.05) is 0 Å². The van der Waals surface area contributed by atoms with Crippen molar-refractivity contribution in [2.75, 3.05) is 6.61 Å². The Kier molecular flexibility index (Phi) is 5.27. The number of aromatic nitrogens is 1. The van der Waals surface area contributed by atoms with Gasteiger partial charge in [0.15, 0.2) is 5.69 Å². The fourth-order valence-corrected chi connectivity index (χ4v) is 3.23. The molecule has 0 radical (unpaired) electrons. The number of hydrogen-bond donors (Lipinski definition) is 0. The molecule has 1 fully saturated rings. The third-order valence-corrected chi connectivity index (χ3v) is 4.75. The fourth-order valence-electron chi connectivity index (χ4n) is 2.47. The lowest BCUT2D eigenvalue weighted by atomic mass is 10.2. The summed E-state index contributed by atoms with van der Waals surface area (Å²) < 4.78 is 4.92. The molecule has 0 atom stereocenters. The van der Waals surface area contributed by atoms with E-state index in [1.54, 1.807) is 17.2 Å². The molecule has 0 N–H and O–H groups in total. The molecule has 0 unspecified atom stereocenters. The van der Waals surface area contributed by atoms with E-state index in [2.05, 4.69) is 4.98 Å². The Balaban J connectivity index is 1.74. The average molecular weight is 375 g/mol. The molecule has 0 bridgehead atoms. The van der Waals surface area contributed by atoms with Crippen molar-refractivity contribution in [2.45, 2.75) is 32.4 Å². The normalized spacial score (nSPS) is 13.3. The number of thiazole rings is 1. The molecule has 8 nitrogen and oxygen atoms in total. The third kappa shape index (κ3) is 4.05. The summed E-state index contributed by atoms with van der Waals surface area (Å²) >= 11 is 1.30. The lowest BCUT2D eigenvalue weighted by Crippen LogP contribution is -2.32. The summed E-state index contributed by atoms with van der Waals surface area (Å²) in [5, 5.41) is 13.0. The molecule has 1 aromatic carbocycles. The summed E-state index contributed by atoms with van der Waals surface area (Å²) in [6.45, 7) is 2.30. The highest BCUT2D eigenvalue weighted by Gasteiger charge is 2.34. The molecule has 2 aromatic rings. The van der Waals surface area contributed by atoms with Gasteiger partial charge >= 0.3 is 5.97 Å². The first-order valence-corrected chi connectivity index (χ1v) is 9.04. The maximum absolute atomic E-state index is 12.8. The van der Waals surface area contributed by atoms with Gasteiger partial charge in [0.05, 0.1) is 18.1 Å². The minimum Gasteiger partial charge on any atom is -0.461 e. The van der Waals surface area contributed by atoms with Gasteiger partial charge in [-0.1, -0.05) is 0 Å². The number of nitro groups is 1. The first-order chi connectivity index (χ1) is 12.5. The average Bonchev–Trinajstić information content (AvgIpc) is 3.37. The minimum atomic E-state index is -0.501. The van der Waals surface area contributed by atoms with Crippen molar-refractivity contribution < 1.29 is 19.2 Å². The van der Waals surface area contributed by atoms with Crippen molar-refractivity contribution in [3.8, 4) is 0 Å². The van der Waals surface area contributed by atoms with Crippen LogP contribution in [0.3, 0.4) is 0 Å². The Morgan fingerprint density at radius 2 is 2.04 bits per heavy atom. The molecule has 1 amide bonds. The highest BCUT2D eigenvalue weighted by atomic mass is 32.1. The number of nitrogens with zero attached hydrogens (tertiary/aromatic N) is 3. The zero-order valence-corrected chi connectivity index (χ0v) is 14.9. The molecule has 26 heavy (non-hydrogen) atoms. The number of esters is 1. The van der Waals surface area contributed by atoms with E-state index in [1.165, 1.54) is 35.6 Å². The largest absolute Gasteiger partial charge is 0.461 e. The summed E-state index contributed by atoms with van der Waals surface area (Å²) in [5.74, 6) is -0.676. The Labute approximate surface area is 153 Å². The van der Waals surface area contributed by atoms with Crippen LogP contribution in [0.1, 0.15) is 45.6 Å². The molecule has 1 aliphatic rings. The molecule has 0 saturated heterocycles. The Morgan fingerprint density at radius 1 is 1.35 bits per heavy atom. The van der Waals surface area contributed by atoms with E-state index in [4.69, 9.17) is 4.74 Å². The second-order valence-corrected chi connectivity index (χ2v) is 6.76. The molecular weight excluding hydrogens is 358 g/mol. The number of rotatable bonds is 7. The molecular formula is C17H17N3O5S. The van der Waals surface area contributed by atoms with Crippen LogP contribution in [0.2, 0.25) is 0 Å². The zero-order valence-electron chi connectivity index (χ0n) is 14.1. The fraction of sp³-hybridized carbons (Fsp3) is 0.353. The van der Waals surface area contributed by atoms with Gasteiger partial charge in [-0.15, -0.1) is 11.3 Å². The molecule has 1 aromatic heterocycles. The van der Waals surface area contributed by atoms with E-state index in [-0.39, 0.29) is 29.9 Å². The van der Waals surface area contributed by atoms with Gasteiger partial charge in [-0.2, -0.15) is 0 Å². The maximum Gasteiger partial charge on any atom is 0.357 e. The van der Waals surface area contributed by atoms with Crippen LogP contribution in [0.5, 0.6) is 0 Å². The van der Waals surface area contributed by atoms with Gasteiger partial charge in [-0.25, -0.2) is 9.78 Å². The van der Waals surface area contributed by atoms with Crippen LogP contribution in [0, 0.1) is 10.1 Å². The van der Waals surface area contributed by atoms with E-state index < -0.39 is 10.9 Å². The van der Waals surface area contributed by atoms with Crippen LogP contribution in [-0.2, 0) is 11.3 Å². The summed E-state index contributed by atoms with van der Waals surface area (Å²) in [6, 6.07) is 5.69. The Bertz CT molecular complexity index is 829. The van der Waals surface area contributed by atoms with Gasteiger partial charge in [-0.05, 0) is 31.9 Å². The third-order valence-electron chi connectivity index (χ3n) is 3.92. The number of nitro benzene ring substituents is 1. The molecule has 136 valence electrons. The van der Waals surface area contributed by atoms with Gasteiger partial charge in [0, 0.05) is 29.1 Å². The van der Waals surface area contributed by atoms with Gasteiger partial charge in [0.25, 0.3) is 11.6 Å². The van der Waals surface area contributed by atoms with Crippen molar-refractivity contribution in [1.29, 1.82) is 0 Å². The summed E-state index contributed by atoms with van der Waals surface area (Å²) in [7, 11) is 0. The van der Waals surface area contributed by atoms with Crippen LogP contribution in [0.4, 0.5) is 5.69 Å². The van der Waals surface area contributed by atoms with E-state index in [0.29, 0.717) is 17.1 Å². The van der Waals surface area contributed by atoms with Gasteiger partial charge in [-0.3, -0.25) is 14.9 Å². The predicted octanol–water partition coefficient (Wildman–Crippen LogP) is 3.03. The van der Waals surface area contributed by atoms with Crippen LogP contribution in [0.25, 0.3) is 0 Å². The lowest BCUT2D eigenvalue weighted by Gasteiger charge is -2.21. The minimum absolute atomic E-state index is 0.0569. The Morgan fingerprint density at radius 3 is 2.62 bits per heavy atom. The number of amides is 1. The second-order valence-electron chi connectivity index (χ2n) is 5.82. The highest BCUT2D eigenvalue weighted by molar-refractivity contribution is 7.09. The van der Waals surface area contributed by atoms with Crippen molar-refractivity contribution in [3.63, 3.8) is 0 Å². The van der Waals surface area contributed by atoms with E-state index in [9.17, 15) is 19.7 Å². The number of carbonyl (C=O) groups is 2. The van der Waals surface area contributed by atoms with Gasteiger partial charge < -0.3 is 9.64 Å². The zero-order chi connectivity index (χ0) is 18.7. The van der Waals surface area contributed by atoms with Crippen molar-refractivity contribution in [1.82, 2.24) is 9.88 Å². The molecule has 9 heteroatoms.